The molecule has 2 aliphatic heterocycles. The SMILES string of the molecule is O=C(N1CCC(F)(F)C1)C12CC[C@H]3[C-]=[N+]=NC(c4c(F)cccc4F)=C[C@]31C2. The Kier molecular flexibility index (Phi) is 3.48. The molecule has 1 aromatic rings. The fraction of sp³-hybridized carbons (Fsp3) is 0.500. The number of alkyl halides is 2. The molecule has 1 unspecified atom stereocenters. The largest absolute Gasteiger partial charge is 0.336 e. The minimum Gasteiger partial charge on any atom is -0.336 e. The van der Waals surface area contributed by atoms with Crippen molar-refractivity contribution in [1.82, 2.24) is 4.90 Å². The number of hydrogen-bond donors (Lipinski definition) is 0. The van der Waals surface area contributed by atoms with Crippen LogP contribution in [0.25, 0.3) is 5.70 Å². The molecule has 1 saturated heterocycles. The van der Waals surface area contributed by atoms with Gasteiger partial charge in [0, 0.05) is 13.0 Å². The van der Waals surface area contributed by atoms with Crippen molar-refractivity contribution in [3.63, 3.8) is 0 Å². The van der Waals surface area contributed by atoms with E-state index in [4.69, 9.17) is 0 Å². The summed E-state index contributed by atoms with van der Waals surface area (Å²) in [5.41, 5.74) is -1.84. The smallest absolute Gasteiger partial charge is 0.267 e. The third-order valence-corrected chi connectivity index (χ3v) is 6.69. The Morgan fingerprint density at radius 2 is 2.00 bits per heavy atom. The highest BCUT2D eigenvalue weighted by molar-refractivity contribution is 5.91. The van der Waals surface area contributed by atoms with E-state index in [1.54, 1.807) is 6.08 Å². The van der Waals surface area contributed by atoms with Gasteiger partial charge in [-0.3, -0.25) is 4.79 Å². The van der Waals surface area contributed by atoms with Gasteiger partial charge in [0.25, 0.3) is 5.92 Å². The number of halogens is 4. The first-order valence-electron chi connectivity index (χ1n) is 9.29. The van der Waals surface area contributed by atoms with Crippen LogP contribution in [-0.2, 0) is 4.79 Å². The molecule has 2 heterocycles. The zero-order valence-corrected chi connectivity index (χ0v) is 14.9. The molecule has 3 fully saturated rings. The van der Waals surface area contributed by atoms with Gasteiger partial charge in [-0.25, -0.2) is 17.6 Å². The molecule has 4 aliphatic rings. The van der Waals surface area contributed by atoms with E-state index in [2.05, 4.69) is 16.1 Å². The molecule has 0 bridgehead atoms. The molecular weight excluding hydrogens is 374 g/mol. The maximum absolute atomic E-state index is 14.3. The van der Waals surface area contributed by atoms with E-state index in [0.29, 0.717) is 19.3 Å². The zero-order chi connectivity index (χ0) is 19.7. The highest BCUT2D eigenvalue weighted by atomic mass is 19.3. The first-order chi connectivity index (χ1) is 13.3. The van der Waals surface area contributed by atoms with Crippen LogP contribution in [0, 0.1) is 28.4 Å². The van der Waals surface area contributed by atoms with Crippen molar-refractivity contribution < 1.29 is 27.1 Å². The van der Waals surface area contributed by atoms with E-state index >= 15 is 0 Å². The van der Waals surface area contributed by atoms with Gasteiger partial charge in [0.15, 0.2) is 5.70 Å². The normalized spacial score (nSPS) is 34.6. The number of carbonyl (C=O) groups is 1. The lowest BCUT2D eigenvalue weighted by molar-refractivity contribution is -0.138. The Morgan fingerprint density at radius 3 is 2.68 bits per heavy atom. The molecular formula is C20H17F4N3O. The topological polar surface area (TPSA) is 46.8 Å². The molecule has 1 aromatic carbocycles. The summed E-state index contributed by atoms with van der Waals surface area (Å²) in [5, 5.41) is 3.93. The lowest BCUT2D eigenvalue weighted by Gasteiger charge is -2.25. The number of likely N-dealkylation sites (tertiary alicyclic amines) is 1. The van der Waals surface area contributed by atoms with E-state index in [1.165, 1.54) is 11.0 Å². The van der Waals surface area contributed by atoms with E-state index in [9.17, 15) is 22.4 Å². The fourth-order valence-corrected chi connectivity index (χ4v) is 5.23. The summed E-state index contributed by atoms with van der Waals surface area (Å²) in [6, 6.07) is 3.53. The molecule has 4 nitrogen and oxygen atoms in total. The van der Waals surface area contributed by atoms with Gasteiger partial charge in [0.1, 0.15) is 11.6 Å². The summed E-state index contributed by atoms with van der Waals surface area (Å²) < 4.78 is 55.8. The Balaban J connectivity index is 1.55. The second-order valence-electron chi connectivity index (χ2n) is 8.18. The van der Waals surface area contributed by atoms with Crippen molar-refractivity contribution >= 4 is 17.8 Å². The Labute approximate surface area is 158 Å². The molecule has 0 aromatic heterocycles. The maximum Gasteiger partial charge on any atom is 0.267 e. The first kappa shape index (κ1) is 17.6. The molecule has 2 saturated carbocycles. The van der Waals surface area contributed by atoms with Gasteiger partial charge >= 0.3 is 0 Å². The van der Waals surface area contributed by atoms with Gasteiger partial charge in [0.2, 0.25) is 5.91 Å². The monoisotopic (exact) mass is 391 g/mol. The standard InChI is InChI=1S/C20H17F4N3O/c21-13-2-1-3-14(22)16(13)15-8-19-10-18(19,5-4-12(19)9-25-26-15)17(28)27-7-6-20(23,24)11-27/h1-3,8,12H,4-7,10-11H2/t12-,18?,19-/m0/s1. The second-order valence-corrected chi connectivity index (χ2v) is 8.18. The van der Waals surface area contributed by atoms with Gasteiger partial charge in [-0.2, -0.15) is 4.79 Å². The van der Waals surface area contributed by atoms with Crippen molar-refractivity contribution in [3.05, 3.63) is 41.5 Å². The molecule has 2 aliphatic carbocycles. The summed E-state index contributed by atoms with van der Waals surface area (Å²) in [5.74, 6) is -4.93. The highest BCUT2D eigenvalue weighted by Gasteiger charge is 2.76. The van der Waals surface area contributed by atoms with Crippen LogP contribution >= 0.6 is 0 Å². The summed E-state index contributed by atoms with van der Waals surface area (Å²) in [7, 11) is 0. The number of carbonyl (C=O) groups excluding carboxylic acids is 1. The van der Waals surface area contributed by atoms with Gasteiger partial charge in [0.05, 0.1) is 22.6 Å². The van der Waals surface area contributed by atoms with Gasteiger partial charge < -0.3 is 4.90 Å². The number of rotatable bonds is 2. The third kappa shape index (κ3) is 2.27. The van der Waals surface area contributed by atoms with Gasteiger partial charge in [-0.15, -0.1) is 0 Å². The van der Waals surface area contributed by atoms with Crippen LogP contribution < -0.4 is 0 Å². The predicted octanol–water partition coefficient (Wildman–Crippen LogP) is 3.58. The first-order valence-corrected chi connectivity index (χ1v) is 9.29. The van der Waals surface area contributed by atoms with Crippen LogP contribution in [0.4, 0.5) is 17.6 Å². The zero-order valence-electron chi connectivity index (χ0n) is 14.9. The van der Waals surface area contributed by atoms with Crippen LogP contribution in [0.2, 0.25) is 0 Å². The molecule has 28 heavy (non-hydrogen) atoms. The number of benzene rings is 1. The predicted molar refractivity (Wildman–Crippen MR) is 90.4 cm³/mol. The molecule has 8 heteroatoms. The van der Waals surface area contributed by atoms with Gasteiger partial charge in [-0.1, -0.05) is 18.4 Å². The minimum atomic E-state index is -2.87. The quantitative estimate of drug-likeness (QED) is 0.432. The van der Waals surface area contributed by atoms with Crippen LogP contribution in [0.5, 0.6) is 0 Å². The molecule has 0 N–H and O–H groups in total. The summed E-state index contributed by atoms with van der Waals surface area (Å²) in [4.78, 5) is 18.3. The van der Waals surface area contributed by atoms with Gasteiger partial charge in [-0.05, 0) is 42.7 Å². The van der Waals surface area contributed by atoms with Crippen LogP contribution in [0.3, 0.4) is 0 Å². The Bertz CT molecular complexity index is 963. The summed E-state index contributed by atoms with van der Waals surface area (Å²) >= 11 is 0. The van der Waals surface area contributed by atoms with Crippen molar-refractivity contribution in [1.29, 1.82) is 0 Å². The maximum atomic E-state index is 14.3. The van der Waals surface area contributed by atoms with Crippen LogP contribution in [-0.4, -0.2) is 40.8 Å². The molecule has 3 atom stereocenters. The number of hydrogen-bond acceptors (Lipinski definition) is 2. The second kappa shape index (κ2) is 5.54. The summed E-state index contributed by atoms with van der Waals surface area (Å²) in [6.45, 7) is -0.552. The number of nitrogens with zero attached hydrogens (tertiary/aromatic N) is 3. The molecule has 1 amide bonds. The van der Waals surface area contributed by atoms with Crippen LogP contribution in [0.1, 0.15) is 31.2 Å². The highest BCUT2D eigenvalue weighted by Crippen LogP contribution is 2.77. The van der Waals surface area contributed by atoms with Crippen molar-refractivity contribution in [2.45, 2.75) is 31.6 Å². The molecule has 5 rings (SSSR count). The van der Waals surface area contributed by atoms with Crippen LogP contribution in [0.15, 0.2) is 29.4 Å². The van der Waals surface area contributed by atoms with Crippen molar-refractivity contribution in [3.8, 4) is 0 Å². The fourth-order valence-electron chi connectivity index (χ4n) is 5.23. The van der Waals surface area contributed by atoms with E-state index in [1.807, 2.05) is 0 Å². The van der Waals surface area contributed by atoms with E-state index in [0.717, 1.165) is 12.1 Å². The minimum absolute atomic E-state index is 0.0222. The molecule has 146 valence electrons. The molecule has 0 radical (unpaired) electrons. The lowest BCUT2D eigenvalue weighted by Crippen LogP contribution is -2.38. The summed E-state index contributed by atoms with van der Waals surface area (Å²) in [6.07, 6.45) is 5.74. The van der Waals surface area contributed by atoms with Crippen molar-refractivity contribution in [2.75, 3.05) is 13.1 Å². The molecule has 1 spiro atoms. The Hall–Kier alpha value is -2.47. The third-order valence-electron chi connectivity index (χ3n) is 6.69. The number of allylic oxidation sites excluding steroid dienone is 1. The van der Waals surface area contributed by atoms with E-state index in [-0.39, 0.29) is 36.1 Å². The number of amides is 1. The Morgan fingerprint density at radius 1 is 1.25 bits per heavy atom. The van der Waals surface area contributed by atoms with Crippen molar-refractivity contribution in [2.24, 2.45) is 21.9 Å². The lowest BCUT2D eigenvalue weighted by atomic mass is 9.86. The average Bonchev–Trinajstić information content (AvgIpc) is 3.09. The average molecular weight is 391 g/mol. The van der Waals surface area contributed by atoms with E-state index < -0.39 is 34.9 Å².